The summed E-state index contributed by atoms with van der Waals surface area (Å²) in [5.74, 6) is -1.39. The molecule has 148 valence electrons. The predicted octanol–water partition coefficient (Wildman–Crippen LogP) is 3.42. The Morgan fingerprint density at radius 2 is 2.07 bits per heavy atom. The number of benzene rings is 1. The van der Waals surface area contributed by atoms with E-state index in [1.165, 1.54) is 6.20 Å². The van der Waals surface area contributed by atoms with Gasteiger partial charge in [0.1, 0.15) is 5.82 Å². The molecule has 0 amide bonds. The number of nitrogens with zero attached hydrogens (tertiary/aromatic N) is 5. The van der Waals surface area contributed by atoms with Gasteiger partial charge >= 0.3 is 0 Å². The van der Waals surface area contributed by atoms with Crippen molar-refractivity contribution in [2.24, 2.45) is 0 Å². The summed E-state index contributed by atoms with van der Waals surface area (Å²) in [6.07, 6.45) is 2.42. The molecule has 1 N–H and O–H groups in total. The van der Waals surface area contributed by atoms with Crippen LogP contribution in [-0.4, -0.2) is 45.3 Å². The fraction of sp³-hybridized carbons (Fsp3) is 0.263. The van der Waals surface area contributed by atoms with E-state index in [0.717, 1.165) is 17.1 Å². The second kappa shape index (κ2) is 6.51. The molecule has 3 heterocycles. The minimum atomic E-state index is -2.70. The summed E-state index contributed by atoms with van der Waals surface area (Å²) < 4.78 is 40.4. The number of aromatic nitrogens is 6. The highest BCUT2D eigenvalue weighted by atomic mass is 32.2. The van der Waals surface area contributed by atoms with Gasteiger partial charge in [-0.3, -0.25) is 9.31 Å². The van der Waals surface area contributed by atoms with Crippen molar-refractivity contribution in [2.75, 3.05) is 0 Å². The van der Waals surface area contributed by atoms with E-state index in [9.17, 15) is 13.0 Å². The Morgan fingerprint density at radius 1 is 1.24 bits per heavy atom. The number of pyridine rings is 1. The van der Waals surface area contributed by atoms with Crippen molar-refractivity contribution < 1.29 is 13.0 Å². The fourth-order valence-electron chi connectivity index (χ4n) is 3.40. The molecule has 1 aliphatic rings. The van der Waals surface area contributed by atoms with Crippen molar-refractivity contribution in [3.05, 3.63) is 48.5 Å². The Labute approximate surface area is 166 Å². The van der Waals surface area contributed by atoms with E-state index in [1.807, 2.05) is 31.2 Å². The van der Waals surface area contributed by atoms with Gasteiger partial charge in [0.05, 0.1) is 32.8 Å². The number of alkyl halides is 2. The lowest BCUT2D eigenvalue weighted by Gasteiger charge is -2.33. The minimum Gasteiger partial charge on any atom is -0.263 e. The molecule has 0 aliphatic heterocycles. The Morgan fingerprint density at radius 3 is 2.79 bits per heavy atom. The van der Waals surface area contributed by atoms with Crippen LogP contribution in [0.4, 0.5) is 8.78 Å². The van der Waals surface area contributed by atoms with Crippen LogP contribution in [0.15, 0.2) is 47.6 Å². The third-order valence-electron chi connectivity index (χ3n) is 4.92. The highest BCUT2D eigenvalue weighted by molar-refractivity contribution is 7.85. The van der Waals surface area contributed by atoms with Gasteiger partial charge < -0.3 is 0 Å². The van der Waals surface area contributed by atoms with Crippen molar-refractivity contribution in [3.63, 3.8) is 0 Å². The normalized spacial score (nSPS) is 17.3. The van der Waals surface area contributed by atoms with Crippen LogP contribution in [0.5, 0.6) is 0 Å². The minimum absolute atomic E-state index is 0.343. The molecule has 1 saturated carbocycles. The molecule has 0 bridgehead atoms. The van der Waals surface area contributed by atoms with Crippen molar-refractivity contribution >= 4 is 21.8 Å². The summed E-state index contributed by atoms with van der Waals surface area (Å²) >= 11 is 0. The van der Waals surface area contributed by atoms with E-state index in [1.54, 1.807) is 16.9 Å². The van der Waals surface area contributed by atoms with Crippen LogP contribution in [0, 0.1) is 6.92 Å². The number of H-pyrrole nitrogens is 1. The summed E-state index contributed by atoms with van der Waals surface area (Å²) in [4.78, 5) is 9.19. The van der Waals surface area contributed by atoms with E-state index in [0.29, 0.717) is 21.8 Å². The average molecular weight is 414 g/mol. The molecule has 10 heteroatoms. The molecule has 4 aromatic rings. The second-order valence-electron chi connectivity index (χ2n) is 7.12. The number of hydrogen-bond donors (Lipinski definition) is 1. The summed E-state index contributed by atoms with van der Waals surface area (Å²) in [6.45, 7) is 1.83. The maximum atomic E-state index is 13.1. The molecule has 0 radical (unpaired) electrons. The molecular formula is C19H16F2N6OS. The lowest BCUT2D eigenvalue weighted by Crippen LogP contribution is -2.42. The van der Waals surface area contributed by atoms with E-state index in [-0.39, 0.29) is 12.8 Å². The van der Waals surface area contributed by atoms with E-state index < -0.39 is 22.0 Å². The van der Waals surface area contributed by atoms with Crippen LogP contribution in [0.2, 0.25) is 0 Å². The number of nitrogens with one attached hydrogen (secondary N) is 1. The number of aryl methyl sites for hydroxylation is 1. The van der Waals surface area contributed by atoms with Crippen LogP contribution in [-0.2, 0) is 10.8 Å². The Kier molecular flexibility index (Phi) is 4.05. The van der Waals surface area contributed by atoms with Gasteiger partial charge in [-0.05, 0) is 25.1 Å². The maximum Gasteiger partial charge on any atom is 0.250 e. The molecule has 0 unspecified atom stereocenters. The van der Waals surface area contributed by atoms with E-state index in [2.05, 4.69) is 25.3 Å². The van der Waals surface area contributed by atoms with Gasteiger partial charge in [-0.1, -0.05) is 12.1 Å². The summed E-state index contributed by atoms with van der Waals surface area (Å²) in [5.41, 5.74) is 2.20. The fourth-order valence-corrected chi connectivity index (χ4v) is 4.97. The predicted molar refractivity (Wildman–Crippen MR) is 103 cm³/mol. The summed E-state index contributed by atoms with van der Waals surface area (Å²) in [5, 5.41) is 11.6. The number of rotatable bonds is 4. The smallest absolute Gasteiger partial charge is 0.250 e. The monoisotopic (exact) mass is 414 g/mol. The number of hydrogen-bond acceptors (Lipinski definition) is 5. The molecule has 3 aromatic heterocycles. The molecule has 7 nitrogen and oxygen atoms in total. The van der Waals surface area contributed by atoms with Gasteiger partial charge in [0.15, 0.2) is 11.5 Å². The van der Waals surface area contributed by atoms with E-state index >= 15 is 0 Å². The Bertz CT molecular complexity index is 1240. The number of fused-ring (bicyclic) bond motifs is 1. The van der Waals surface area contributed by atoms with Crippen molar-refractivity contribution in [2.45, 2.75) is 35.8 Å². The van der Waals surface area contributed by atoms with Crippen LogP contribution < -0.4 is 0 Å². The van der Waals surface area contributed by atoms with Crippen LogP contribution in [0.25, 0.3) is 28.1 Å². The Balaban J connectivity index is 1.47. The first-order chi connectivity index (χ1) is 13.9. The largest absolute Gasteiger partial charge is 0.263 e. The first-order valence-corrected chi connectivity index (χ1v) is 10.2. The van der Waals surface area contributed by atoms with Gasteiger partial charge in [0, 0.05) is 30.0 Å². The topological polar surface area (TPSA) is 89.3 Å². The highest BCUT2D eigenvalue weighted by Gasteiger charge is 2.48. The molecule has 29 heavy (non-hydrogen) atoms. The van der Waals surface area contributed by atoms with Crippen molar-refractivity contribution in [3.8, 4) is 17.1 Å². The van der Waals surface area contributed by atoms with Gasteiger partial charge in [0.2, 0.25) is 0 Å². The molecule has 5 rings (SSSR count). The van der Waals surface area contributed by atoms with Gasteiger partial charge in [-0.15, -0.1) is 0 Å². The van der Waals surface area contributed by atoms with Crippen molar-refractivity contribution in [1.82, 2.24) is 29.9 Å². The second-order valence-corrected chi connectivity index (χ2v) is 8.85. The van der Waals surface area contributed by atoms with Gasteiger partial charge in [-0.25, -0.2) is 23.4 Å². The standard InChI is InChI=1S/C19H16F2N6OS/c1-11-24-17(26-25-11)12-3-2-4-14(5-12)27-18-13(9-23-27)6-15(10-22-18)29(28)16-7-19(20,21)8-16/h2-6,9-10,16H,7-8H2,1H3,(H,24,25,26)/t29-/m0/s1. The van der Waals surface area contributed by atoms with Crippen molar-refractivity contribution in [1.29, 1.82) is 0 Å². The highest BCUT2D eigenvalue weighted by Crippen LogP contribution is 2.42. The zero-order valence-electron chi connectivity index (χ0n) is 15.3. The quantitative estimate of drug-likeness (QED) is 0.553. The SMILES string of the molecule is Cc1nc(-c2cccc(-n3ncc4cc([S@](=O)C5CC(F)(F)C5)cnc43)c2)n[nH]1. The molecule has 0 spiro atoms. The first kappa shape index (κ1) is 18.0. The lowest BCUT2D eigenvalue weighted by atomic mass is 9.94. The molecule has 0 saturated heterocycles. The molecular weight excluding hydrogens is 398 g/mol. The third kappa shape index (κ3) is 3.23. The molecule has 1 atom stereocenters. The lowest BCUT2D eigenvalue weighted by molar-refractivity contribution is -0.0676. The van der Waals surface area contributed by atoms with Gasteiger partial charge in [0.25, 0.3) is 5.92 Å². The molecule has 1 fully saturated rings. The number of halogens is 2. The summed E-state index contributed by atoms with van der Waals surface area (Å²) in [7, 11) is -1.51. The average Bonchev–Trinajstić information content (AvgIpc) is 3.31. The number of aromatic amines is 1. The van der Waals surface area contributed by atoms with E-state index in [4.69, 9.17) is 0 Å². The van der Waals surface area contributed by atoms with Gasteiger partial charge in [-0.2, -0.15) is 10.2 Å². The zero-order chi connectivity index (χ0) is 20.2. The first-order valence-electron chi connectivity index (χ1n) is 9.02. The van der Waals surface area contributed by atoms with Crippen LogP contribution in [0.1, 0.15) is 18.7 Å². The van der Waals surface area contributed by atoms with Crippen LogP contribution >= 0.6 is 0 Å². The molecule has 1 aliphatic carbocycles. The third-order valence-corrected chi connectivity index (χ3v) is 6.54. The Hall–Kier alpha value is -3.01. The zero-order valence-corrected chi connectivity index (χ0v) is 16.2. The maximum absolute atomic E-state index is 13.1. The summed E-state index contributed by atoms with van der Waals surface area (Å²) in [6, 6.07) is 9.28. The van der Waals surface area contributed by atoms with Crippen LogP contribution in [0.3, 0.4) is 0 Å². The molecule has 1 aromatic carbocycles.